The number of carbonyl (C=O) groups excluding carboxylic acids is 2. The third-order valence-electron chi connectivity index (χ3n) is 5.86. The first kappa shape index (κ1) is 19.4. The van der Waals surface area contributed by atoms with E-state index in [2.05, 4.69) is 28.9 Å². The Hall–Kier alpha value is -2.89. The predicted octanol–water partition coefficient (Wildman–Crippen LogP) is 2.92. The molecule has 0 aliphatic carbocycles. The highest BCUT2D eigenvalue weighted by molar-refractivity contribution is 5.99. The molecule has 1 atom stereocenters. The maximum atomic E-state index is 13.0. The number of rotatable bonds is 3. The van der Waals surface area contributed by atoms with Crippen LogP contribution in [0, 0.1) is 5.92 Å². The fourth-order valence-electron chi connectivity index (χ4n) is 4.22. The zero-order valence-corrected chi connectivity index (χ0v) is 17.0. The summed E-state index contributed by atoms with van der Waals surface area (Å²) in [5, 5.41) is 0. The Kier molecular flexibility index (Phi) is 5.79. The molecule has 2 aliphatic rings. The zero-order chi connectivity index (χ0) is 20.2. The molecule has 2 aliphatic heterocycles. The van der Waals surface area contributed by atoms with Crippen LogP contribution in [0.2, 0.25) is 0 Å². The molecule has 1 unspecified atom stereocenters. The molecule has 3 heterocycles. The average Bonchev–Trinajstić information content (AvgIpc) is 2.79. The molecule has 1 aromatic heterocycles. The van der Waals surface area contributed by atoms with Gasteiger partial charge in [-0.2, -0.15) is 0 Å². The summed E-state index contributed by atoms with van der Waals surface area (Å²) in [5.74, 6) is 0.450. The van der Waals surface area contributed by atoms with Gasteiger partial charge in [-0.05, 0) is 37.0 Å². The van der Waals surface area contributed by atoms with Crippen molar-refractivity contribution in [3.63, 3.8) is 0 Å². The van der Waals surface area contributed by atoms with Crippen molar-refractivity contribution in [3.8, 4) is 0 Å². The summed E-state index contributed by atoms with van der Waals surface area (Å²) in [4.78, 5) is 36.1. The molecular formula is C23H28N4O2. The Morgan fingerprint density at radius 1 is 0.897 bits per heavy atom. The van der Waals surface area contributed by atoms with E-state index in [0.29, 0.717) is 30.1 Å². The number of hydrogen-bond donors (Lipinski definition) is 0. The van der Waals surface area contributed by atoms with Crippen LogP contribution in [0.1, 0.15) is 40.5 Å². The van der Waals surface area contributed by atoms with Crippen molar-refractivity contribution in [3.05, 3.63) is 59.9 Å². The van der Waals surface area contributed by atoms with E-state index in [1.54, 1.807) is 18.5 Å². The first-order valence-corrected chi connectivity index (χ1v) is 10.5. The van der Waals surface area contributed by atoms with Crippen LogP contribution in [0.5, 0.6) is 0 Å². The minimum Gasteiger partial charge on any atom is -0.368 e. The lowest BCUT2D eigenvalue weighted by molar-refractivity contribution is 0.0682. The molecule has 2 aromatic rings. The predicted molar refractivity (Wildman–Crippen MR) is 113 cm³/mol. The summed E-state index contributed by atoms with van der Waals surface area (Å²) in [6.07, 6.45) is 5.34. The van der Waals surface area contributed by atoms with Gasteiger partial charge in [0.25, 0.3) is 11.8 Å². The van der Waals surface area contributed by atoms with Gasteiger partial charge in [0.1, 0.15) is 0 Å². The molecule has 6 nitrogen and oxygen atoms in total. The topological polar surface area (TPSA) is 56.8 Å². The maximum absolute atomic E-state index is 13.0. The molecule has 1 aromatic carbocycles. The van der Waals surface area contributed by atoms with E-state index in [4.69, 9.17) is 0 Å². The second-order valence-electron chi connectivity index (χ2n) is 8.08. The first-order chi connectivity index (χ1) is 14.1. The number of benzene rings is 1. The molecule has 0 radical (unpaired) electrons. The lowest BCUT2D eigenvalue weighted by Gasteiger charge is -2.36. The molecule has 0 spiro atoms. The van der Waals surface area contributed by atoms with Crippen LogP contribution in [0.4, 0.5) is 5.69 Å². The molecule has 152 valence electrons. The Morgan fingerprint density at radius 2 is 1.55 bits per heavy atom. The van der Waals surface area contributed by atoms with Crippen LogP contribution in [0.3, 0.4) is 0 Å². The highest BCUT2D eigenvalue weighted by Crippen LogP contribution is 2.19. The van der Waals surface area contributed by atoms with Gasteiger partial charge in [-0.3, -0.25) is 14.6 Å². The van der Waals surface area contributed by atoms with Gasteiger partial charge < -0.3 is 14.7 Å². The number of aromatic nitrogens is 1. The van der Waals surface area contributed by atoms with Crippen molar-refractivity contribution in [1.82, 2.24) is 14.8 Å². The second-order valence-corrected chi connectivity index (χ2v) is 8.08. The van der Waals surface area contributed by atoms with Crippen molar-refractivity contribution in [2.75, 3.05) is 44.2 Å². The Labute approximate surface area is 172 Å². The Bertz CT molecular complexity index is 862. The Balaban J connectivity index is 1.41. The summed E-state index contributed by atoms with van der Waals surface area (Å²) < 4.78 is 0. The van der Waals surface area contributed by atoms with E-state index in [1.165, 1.54) is 5.69 Å². The SMILES string of the molecule is CC1CCCN(C(=O)c2cncc(C(=O)N3CCN(c4ccccc4)CC3)c2)C1. The van der Waals surface area contributed by atoms with Crippen LogP contribution in [0.25, 0.3) is 0 Å². The average molecular weight is 393 g/mol. The van der Waals surface area contributed by atoms with Gasteiger partial charge in [-0.25, -0.2) is 0 Å². The molecule has 0 bridgehead atoms. The van der Waals surface area contributed by atoms with E-state index in [-0.39, 0.29) is 11.8 Å². The normalized spacial score (nSPS) is 19.9. The number of amides is 2. The minimum absolute atomic E-state index is 0.0207. The first-order valence-electron chi connectivity index (χ1n) is 10.5. The van der Waals surface area contributed by atoms with Gasteiger partial charge in [0.05, 0.1) is 11.1 Å². The summed E-state index contributed by atoms with van der Waals surface area (Å²) >= 11 is 0. The standard InChI is InChI=1S/C23H28N4O2/c1-18-6-5-9-27(17-18)23(29)20-14-19(15-24-16-20)22(28)26-12-10-25(11-13-26)21-7-3-2-4-8-21/h2-4,7-8,14-16,18H,5-6,9-13,17H2,1H3. The number of likely N-dealkylation sites (tertiary alicyclic amines) is 1. The fourth-order valence-corrected chi connectivity index (χ4v) is 4.22. The third-order valence-corrected chi connectivity index (χ3v) is 5.86. The zero-order valence-electron chi connectivity index (χ0n) is 17.0. The largest absolute Gasteiger partial charge is 0.368 e. The van der Waals surface area contributed by atoms with Gasteiger partial charge in [-0.1, -0.05) is 25.1 Å². The second kappa shape index (κ2) is 8.64. The molecule has 2 fully saturated rings. The highest BCUT2D eigenvalue weighted by Gasteiger charge is 2.25. The van der Waals surface area contributed by atoms with Gasteiger partial charge in [-0.15, -0.1) is 0 Å². The number of hydrogen-bond acceptors (Lipinski definition) is 4. The lowest BCUT2D eigenvalue weighted by atomic mass is 9.99. The molecule has 0 saturated carbocycles. The van der Waals surface area contributed by atoms with Crippen LogP contribution in [-0.2, 0) is 0 Å². The van der Waals surface area contributed by atoms with Gasteiger partial charge in [0.2, 0.25) is 0 Å². The van der Waals surface area contributed by atoms with Crippen LogP contribution in [0.15, 0.2) is 48.8 Å². The van der Waals surface area contributed by atoms with E-state index in [0.717, 1.165) is 39.0 Å². The van der Waals surface area contributed by atoms with E-state index in [1.807, 2.05) is 28.0 Å². The summed E-state index contributed by atoms with van der Waals surface area (Å²) in [5.41, 5.74) is 2.19. The highest BCUT2D eigenvalue weighted by atomic mass is 16.2. The smallest absolute Gasteiger partial charge is 0.255 e. The summed E-state index contributed by atoms with van der Waals surface area (Å²) in [6, 6.07) is 12.0. The molecule has 6 heteroatoms. The molecule has 29 heavy (non-hydrogen) atoms. The monoisotopic (exact) mass is 392 g/mol. The lowest BCUT2D eigenvalue weighted by Crippen LogP contribution is -2.48. The molecular weight excluding hydrogens is 364 g/mol. The number of para-hydroxylation sites is 1. The Morgan fingerprint density at radius 3 is 2.21 bits per heavy atom. The van der Waals surface area contributed by atoms with E-state index in [9.17, 15) is 9.59 Å². The quantitative estimate of drug-likeness (QED) is 0.806. The number of anilines is 1. The van der Waals surface area contributed by atoms with Crippen molar-refractivity contribution in [1.29, 1.82) is 0 Å². The van der Waals surface area contributed by atoms with Gasteiger partial charge >= 0.3 is 0 Å². The number of piperidine rings is 1. The van der Waals surface area contributed by atoms with Crippen LogP contribution >= 0.6 is 0 Å². The van der Waals surface area contributed by atoms with Crippen molar-refractivity contribution in [2.24, 2.45) is 5.92 Å². The number of carbonyl (C=O) groups is 2. The van der Waals surface area contributed by atoms with E-state index < -0.39 is 0 Å². The molecule has 2 amide bonds. The van der Waals surface area contributed by atoms with Gasteiger partial charge in [0, 0.05) is 57.3 Å². The van der Waals surface area contributed by atoms with Crippen molar-refractivity contribution < 1.29 is 9.59 Å². The van der Waals surface area contributed by atoms with Crippen LogP contribution in [-0.4, -0.2) is 65.9 Å². The maximum Gasteiger partial charge on any atom is 0.255 e. The molecule has 0 N–H and O–H groups in total. The number of nitrogens with zero attached hydrogens (tertiary/aromatic N) is 4. The number of piperazine rings is 1. The summed E-state index contributed by atoms with van der Waals surface area (Å²) in [6.45, 7) is 6.65. The molecule has 2 saturated heterocycles. The van der Waals surface area contributed by atoms with Crippen LogP contribution < -0.4 is 4.90 Å². The molecule has 4 rings (SSSR count). The minimum atomic E-state index is -0.0492. The van der Waals surface area contributed by atoms with Gasteiger partial charge in [0.15, 0.2) is 0 Å². The number of pyridine rings is 1. The fraction of sp³-hybridized carbons (Fsp3) is 0.435. The third kappa shape index (κ3) is 4.42. The van der Waals surface area contributed by atoms with Crippen molar-refractivity contribution in [2.45, 2.75) is 19.8 Å². The summed E-state index contributed by atoms with van der Waals surface area (Å²) in [7, 11) is 0. The van der Waals surface area contributed by atoms with Crippen molar-refractivity contribution >= 4 is 17.5 Å². The van der Waals surface area contributed by atoms with E-state index >= 15 is 0 Å².